The van der Waals surface area contributed by atoms with E-state index in [1.54, 1.807) is 11.0 Å². The maximum Gasteiger partial charge on any atom is 0.287 e. The number of amides is 1. The van der Waals surface area contributed by atoms with Gasteiger partial charge in [-0.1, -0.05) is 0 Å². The number of anilines is 1. The Bertz CT molecular complexity index is 1100. The van der Waals surface area contributed by atoms with Crippen molar-refractivity contribution in [1.82, 2.24) is 14.2 Å². The lowest BCUT2D eigenvalue weighted by Crippen LogP contribution is -2.51. The number of nitrogens with zero attached hydrogens (tertiary/aromatic N) is 6. The van der Waals surface area contributed by atoms with E-state index in [0.29, 0.717) is 37.6 Å². The van der Waals surface area contributed by atoms with Crippen LogP contribution in [0.1, 0.15) is 5.56 Å². The van der Waals surface area contributed by atoms with Gasteiger partial charge in [0.2, 0.25) is 15.9 Å². The van der Waals surface area contributed by atoms with Gasteiger partial charge in [-0.05, 0) is 30.3 Å². The lowest BCUT2D eigenvalue weighted by atomic mass is 10.2. The molecule has 0 aliphatic carbocycles. The van der Waals surface area contributed by atoms with E-state index >= 15 is 0 Å². The number of rotatable bonds is 6. The molecule has 1 amide bonds. The monoisotopic (exact) mass is 444 g/mol. The molecule has 0 unspecified atom stereocenters. The van der Waals surface area contributed by atoms with Crippen LogP contribution >= 0.6 is 0 Å². The summed E-state index contributed by atoms with van der Waals surface area (Å²) in [7, 11) is -2.53. The minimum atomic E-state index is -3.86. The van der Waals surface area contributed by atoms with Crippen molar-refractivity contribution in [2.24, 2.45) is 0 Å². The number of hydrogen-bond donors (Lipinski definition) is 0. The average molecular weight is 444 g/mol. The molecule has 1 aliphatic heterocycles. The van der Waals surface area contributed by atoms with Crippen LogP contribution in [0.25, 0.3) is 0 Å². The minimum absolute atomic E-state index is 0.0101. The number of likely N-dealkylation sites (N-methyl/N-ethyl adjacent to an activating group) is 1. The van der Waals surface area contributed by atoms with Gasteiger partial charge in [0.15, 0.2) is 0 Å². The molecule has 12 heteroatoms. The quantitative estimate of drug-likeness (QED) is 0.471. The zero-order valence-corrected chi connectivity index (χ0v) is 17.5. The van der Waals surface area contributed by atoms with Gasteiger partial charge in [-0.25, -0.2) is 13.4 Å². The van der Waals surface area contributed by atoms with Crippen molar-refractivity contribution in [2.75, 3.05) is 44.7 Å². The third-order valence-electron chi connectivity index (χ3n) is 4.95. The molecule has 1 aliphatic rings. The van der Waals surface area contributed by atoms with Crippen LogP contribution in [0.5, 0.6) is 0 Å². The molecule has 0 spiro atoms. The van der Waals surface area contributed by atoms with Crippen molar-refractivity contribution in [2.45, 2.75) is 4.90 Å². The van der Waals surface area contributed by atoms with Gasteiger partial charge >= 0.3 is 0 Å². The normalized spacial score (nSPS) is 14.4. The molecule has 2 heterocycles. The first-order valence-corrected chi connectivity index (χ1v) is 10.8. The number of nitro groups is 1. The number of sulfonamides is 1. The van der Waals surface area contributed by atoms with Crippen LogP contribution in [0.15, 0.2) is 47.5 Å². The highest BCUT2D eigenvalue weighted by Crippen LogP contribution is 2.18. The summed E-state index contributed by atoms with van der Waals surface area (Å²) in [6.07, 6.45) is 1.19. The number of benzene rings is 1. The summed E-state index contributed by atoms with van der Waals surface area (Å²) in [6, 6.07) is 10.4. The number of carbonyl (C=O) groups is 1. The molecule has 0 saturated carbocycles. The molecule has 31 heavy (non-hydrogen) atoms. The van der Waals surface area contributed by atoms with Crippen molar-refractivity contribution >= 4 is 27.4 Å². The van der Waals surface area contributed by atoms with Crippen LogP contribution in [0.4, 0.5) is 11.5 Å². The van der Waals surface area contributed by atoms with E-state index in [1.165, 1.54) is 43.6 Å². The Morgan fingerprint density at radius 2 is 1.84 bits per heavy atom. The van der Waals surface area contributed by atoms with Gasteiger partial charge in [-0.15, -0.1) is 0 Å². The van der Waals surface area contributed by atoms with Crippen LogP contribution in [-0.2, 0) is 14.8 Å². The summed E-state index contributed by atoms with van der Waals surface area (Å²) in [5.74, 6) is 0.259. The number of nitriles is 1. The van der Waals surface area contributed by atoms with Crippen molar-refractivity contribution < 1.29 is 18.1 Å². The van der Waals surface area contributed by atoms with E-state index in [9.17, 15) is 23.3 Å². The van der Waals surface area contributed by atoms with Crippen LogP contribution in [0, 0.1) is 21.4 Å². The SMILES string of the molecule is CN(CC(=O)N1CCN(c2ccc([N+](=O)[O-])cn2)CC1)S(=O)(=O)c1ccc(C#N)cc1. The van der Waals surface area contributed by atoms with Crippen molar-refractivity contribution in [1.29, 1.82) is 5.26 Å². The van der Waals surface area contributed by atoms with Gasteiger partial charge in [-0.2, -0.15) is 9.57 Å². The van der Waals surface area contributed by atoms with Gasteiger partial charge in [-0.3, -0.25) is 14.9 Å². The lowest BCUT2D eigenvalue weighted by molar-refractivity contribution is -0.385. The number of aromatic nitrogens is 1. The van der Waals surface area contributed by atoms with Gasteiger partial charge in [0.1, 0.15) is 12.0 Å². The minimum Gasteiger partial charge on any atom is -0.353 e. The molecule has 1 saturated heterocycles. The maximum atomic E-state index is 12.7. The van der Waals surface area contributed by atoms with Crippen molar-refractivity contribution in [3.63, 3.8) is 0 Å². The molecule has 1 aromatic heterocycles. The zero-order valence-electron chi connectivity index (χ0n) is 16.7. The molecule has 162 valence electrons. The fourth-order valence-electron chi connectivity index (χ4n) is 3.12. The van der Waals surface area contributed by atoms with E-state index in [2.05, 4.69) is 4.98 Å². The smallest absolute Gasteiger partial charge is 0.287 e. The molecular weight excluding hydrogens is 424 g/mol. The number of hydrogen-bond acceptors (Lipinski definition) is 8. The number of carbonyl (C=O) groups excluding carboxylic acids is 1. The molecule has 11 nitrogen and oxygen atoms in total. The molecule has 2 aromatic rings. The summed E-state index contributed by atoms with van der Waals surface area (Å²) in [5, 5.41) is 19.6. The van der Waals surface area contributed by atoms with E-state index in [0.717, 1.165) is 4.31 Å². The summed E-state index contributed by atoms with van der Waals surface area (Å²) < 4.78 is 26.3. The topological polar surface area (TPSA) is 141 Å². The molecule has 3 rings (SSSR count). The van der Waals surface area contributed by atoms with E-state index in [-0.39, 0.29) is 23.0 Å². The molecule has 1 fully saturated rings. The van der Waals surface area contributed by atoms with Crippen LogP contribution in [0.3, 0.4) is 0 Å². The third-order valence-corrected chi connectivity index (χ3v) is 6.77. The van der Waals surface area contributed by atoms with E-state index in [4.69, 9.17) is 5.26 Å². The first-order chi connectivity index (χ1) is 14.7. The fourth-order valence-corrected chi connectivity index (χ4v) is 4.24. The third kappa shape index (κ3) is 4.96. The molecule has 0 atom stereocenters. The van der Waals surface area contributed by atoms with Crippen LogP contribution in [0.2, 0.25) is 0 Å². The largest absolute Gasteiger partial charge is 0.353 e. The van der Waals surface area contributed by atoms with Crippen LogP contribution in [-0.4, -0.2) is 73.2 Å². The summed E-state index contributed by atoms with van der Waals surface area (Å²) in [5.41, 5.74) is 0.252. The second-order valence-electron chi connectivity index (χ2n) is 6.90. The molecule has 1 aromatic carbocycles. The maximum absolute atomic E-state index is 12.7. The number of piperazine rings is 1. The Hall–Kier alpha value is -3.56. The standard InChI is InChI=1S/C19H20N6O5S/c1-22(31(29,30)17-5-2-15(12-20)3-6-17)14-19(26)24-10-8-23(9-11-24)18-7-4-16(13-21-18)25(27)28/h2-7,13H,8-11,14H2,1H3. The average Bonchev–Trinajstić information content (AvgIpc) is 2.79. The van der Waals surface area contributed by atoms with Crippen LogP contribution < -0.4 is 4.90 Å². The molecule has 0 N–H and O–H groups in total. The summed E-state index contributed by atoms with van der Waals surface area (Å²) in [4.78, 5) is 30.4. The zero-order chi connectivity index (χ0) is 22.6. The van der Waals surface area contributed by atoms with E-state index < -0.39 is 14.9 Å². The van der Waals surface area contributed by atoms with Crippen molar-refractivity contribution in [3.8, 4) is 6.07 Å². The summed E-state index contributed by atoms with van der Waals surface area (Å²) in [6.45, 7) is 1.40. The van der Waals surface area contributed by atoms with Gasteiger partial charge in [0, 0.05) is 39.3 Å². The van der Waals surface area contributed by atoms with E-state index in [1.807, 2.05) is 11.0 Å². The molecular formula is C19H20N6O5S. The Balaban J connectivity index is 1.57. The predicted octanol–water partition coefficient (Wildman–Crippen LogP) is 0.831. The predicted molar refractivity (Wildman–Crippen MR) is 111 cm³/mol. The highest BCUT2D eigenvalue weighted by Gasteiger charge is 2.27. The second kappa shape index (κ2) is 9.07. The Morgan fingerprint density at radius 1 is 1.19 bits per heavy atom. The highest BCUT2D eigenvalue weighted by molar-refractivity contribution is 7.89. The van der Waals surface area contributed by atoms with Crippen molar-refractivity contribution in [3.05, 3.63) is 58.3 Å². The van der Waals surface area contributed by atoms with Gasteiger partial charge in [0.25, 0.3) is 5.69 Å². The first-order valence-electron chi connectivity index (χ1n) is 9.32. The first kappa shape index (κ1) is 22.1. The Morgan fingerprint density at radius 3 is 2.35 bits per heavy atom. The summed E-state index contributed by atoms with van der Waals surface area (Å²) >= 11 is 0. The molecule has 0 bridgehead atoms. The highest BCUT2D eigenvalue weighted by atomic mass is 32.2. The van der Waals surface area contributed by atoms with Gasteiger partial charge in [0.05, 0.1) is 28.0 Å². The Kier molecular flexibility index (Phi) is 6.47. The fraction of sp³-hybridized carbons (Fsp3) is 0.316. The second-order valence-corrected chi connectivity index (χ2v) is 8.94. The Labute approximate surface area is 179 Å². The lowest BCUT2D eigenvalue weighted by Gasteiger charge is -2.36. The molecule has 0 radical (unpaired) electrons. The number of pyridine rings is 1. The van der Waals surface area contributed by atoms with Gasteiger partial charge < -0.3 is 9.80 Å².